The first-order valence-corrected chi connectivity index (χ1v) is 10.4. The van der Waals surface area contributed by atoms with Crippen LogP contribution in [0.15, 0.2) is 35.7 Å². The van der Waals surface area contributed by atoms with Gasteiger partial charge < -0.3 is 4.90 Å². The van der Waals surface area contributed by atoms with Crippen LogP contribution < -0.4 is 0 Å². The fourth-order valence-corrected chi connectivity index (χ4v) is 5.19. The molecular formula is C17H17FN2O3S2. The van der Waals surface area contributed by atoms with Gasteiger partial charge in [0.1, 0.15) is 10.8 Å². The monoisotopic (exact) mass is 380 g/mol. The standard InChI is InChI=1S/C17H17FN2O3S2/c1-20(15-8-9-25(22,23)11-15)16(21)7-6-14-10-24-17(19-14)12-2-4-13(18)5-3-12/h2-7,10,15H,8-9,11H2,1H3. The van der Waals surface area contributed by atoms with Gasteiger partial charge in [0.25, 0.3) is 0 Å². The minimum absolute atomic E-state index is 0.0223. The van der Waals surface area contributed by atoms with Crippen LogP contribution in [0.25, 0.3) is 16.6 Å². The summed E-state index contributed by atoms with van der Waals surface area (Å²) in [6, 6.07) is 5.79. The summed E-state index contributed by atoms with van der Waals surface area (Å²) in [6.07, 6.45) is 3.48. The quantitative estimate of drug-likeness (QED) is 0.765. The molecule has 1 unspecified atom stereocenters. The van der Waals surface area contributed by atoms with E-state index in [0.717, 1.165) is 10.6 Å². The molecule has 3 rings (SSSR count). The van der Waals surface area contributed by atoms with Gasteiger partial charge in [0.15, 0.2) is 9.84 Å². The second-order valence-corrected chi connectivity index (χ2v) is 9.01. The first kappa shape index (κ1) is 17.8. The van der Waals surface area contributed by atoms with Crippen molar-refractivity contribution in [2.24, 2.45) is 0 Å². The van der Waals surface area contributed by atoms with Gasteiger partial charge in [-0.2, -0.15) is 0 Å². The average Bonchev–Trinajstić information content (AvgIpc) is 3.19. The molecule has 5 nitrogen and oxygen atoms in total. The number of halogens is 1. The Hall–Kier alpha value is -2.06. The number of amides is 1. The van der Waals surface area contributed by atoms with Crippen molar-refractivity contribution >= 4 is 33.2 Å². The summed E-state index contributed by atoms with van der Waals surface area (Å²) < 4.78 is 36.0. The Kier molecular flexibility index (Phi) is 5.01. The highest BCUT2D eigenvalue weighted by Gasteiger charge is 2.32. The Balaban J connectivity index is 1.66. The summed E-state index contributed by atoms with van der Waals surface area (Å²) >= 11 is 1.40. The summed E-state index contributed by atoms with van der Waals surface area (Å²) in [5.41, 5.74) is 1.44. The zero-order chi connectivity index (χ0) is 18.0. The van der Waals surface area contributed by atoms with Crippen LogP contribution in [0.5, 0.6) is 0 Å². The molecule has 132 valence electrons. The van der Waals surface area contributed by atoms with Gasteiger partial charge in [-0.3, -0.25) is 4.79 Å². The molecule has 1 fully saturated rings. The number of hydrogen-bond acceptors (Lipinski definition) is 5. The minimum atomic E-state index is -3.03. The topological polar surface area (TPSA) is 67.3 Å². The predicted octanol–water partition coefficient (Wildman–Crippen LogP) is 2.61. The number of rotatable bonds is 4. The van der Waals surface area contributed by atoms with E-state index in [9.17, 15) is 17.6 Å². The van der Waals surface area contributed by atoms with Crippen LogP contribution in [0.2, 0.25) is 0 Å². The van der Waals surface area contributed by atoms with E-state index in [1.54, 1.807) is 25.3 Å². The number of thiazole rings is 1. The molecule has 0 spiro atoms. The van der Waals surface area contributed by atoms with Crippen LogP contribution in [0, 0.1) is 5.82 Å². The lowest BCUT2D eigenvalue weighted by Gasteiger charge is -2.21. The van der Waals surface area contributed by atoms with Gasteiger partial charge in [-0.25, -0.2) is 17.8 Å². The lowest BCUT2D eigenvalue weighted by Crippen LogP contribution is -2.36. The van der Waals surface area contributed by atoms with E-state index in [4.69, 9.17) is 0 Å². The molecule has 2 heterocycles. The van der Waals surface area contributed by atoms with E-state index >= 15 is 0 Å². The van der Waals surface area contributed by atoms with Gasteiger partial charge in [0.2, 0.25) is 5.91 Å². The molecule has 0 aliphatic carbocycles. The van der Waals surface area contributed by atoms with Crippen LogP contribution in [0.4, 0.5) is 4.39 Å². The van der Waals surface area contributed by atoms with Gasteiger partial charge in [0, 0.05) is 30.1 Å². The molecule has 25 heavy (non-hydrogen) atoms. The molecule has 1 saturated heterocycles. The van der Waals surface area contributed by atoms with E-state index in [1.807, 2.05) is 5.38 Å². The van der Waals surface area contributed by atoms with Crippen molar-refractivity contribution in [3.05, 3.63) is 47.2 Å². The second kappa shape index (κ2) is 7.05. The van der Waals surface area contributed by atoms with Crippen LogP contribution in [-0.4, -0.2) is 48.8 Å². The lowest BCUT2D eigenvalue weighted by atomic mass is 10.2. The molecule has 1 aromatic heterocycles. The fourth-order valence-electron chi connectivity index (χ4n) is 2.62. The van der Waals surface area contributed by atoms with E-state index in [2.05, 4.69) is 4.98 Å². The fraction of sp³-hybridized carbons (Fsp3) is 0.294. The zero-order valence-corrected chi connectivity index (χ0v) is 15.2. The smallest absolute Gasteiger partial charge is 0.246 e. The molecule has 1 aliphatic heterocycles. The summed E-state index contributed by atoms with van der Waals surface area (Å²) in [5.74, 6) is -0.401. The highest BCUT2D eigenvalue weighted by molar-refractivity contribution is 7.91. The average molecular weight is 380 g/mol. The molecule has 1 aromatic carbocycles. The molecule has 1 aliphatic rings. The number of benzene rings is 1. The van der Waals surface area contributed by atoms with Crippen LogP contribution in [0.1, 0.15) is 12.1 Å². The normalized spacial score (nSPS) is 19.4. The Morgan fingerprint density at radius 1 is 1.36 bits per heavy atom. The number of sulfone groups is 1. The predicted molar refractivity (Wildman–Crippen MR) is 96.4 cm³/mol. The molecule has 1 atom stereocenters. The number of hydrogen-bond donors (Lipinski definition) is 0. The summed E-state index contributed by atoms with van der Waals surface area (Å²) in [5, 5.41) is 2.55. The Morgan fingerprint density at radius 3 is 2.72 bits per heavy atom. The maximum Gasteiger partial charge on any atom is 0.246 e. The van der Waals surface area contributed by atoms with E-state index < -0.39 is 9.84 Å². The van der Waals surface area contributed by atoms with Gasteiger partial charge in [-0.1, -0.05) is 0 Å². The van der Waals surface area contributed by atoms with E-state index in [-0.39, 0.29) is 29.3 Å². The summed E-state index contributed by atoms with van der Waals surface area (Å²) in [4.78, 5) is 18.1. The largest absolute Gasteiger partial charge is 0.338 e. The SMILES string of the molecule is CN(C(=O)C=Cc1csc(-c2ccc(F)cc2)n1)C1CCS(=O)(=O)C1. The van der Waals surface area contributed by atoms with Crippen molar-refractivity contribution < 1.29 is 17.6 Å². The van der Waals surface area contributed by atoms with Crippen molar-refractivity contribution in [2.75, 3.05) is 18.6 Å². The summed E-state index contributed by atoms with van der Waals surface area (Å²) in [6.45, 7) is 0. The van der Waals surface area contributed by atoms with E-state index in [1.165, 1.54) is 34.4 Å². The molecule has 0 N–H and O–H groups in total. The van der Waals surface area contributed by atoms with Gasteiger partial charge in [0.05, 0.1) is 17.2 Å². The lowest BCUT2D eigenvalue weighted by molar-refractivity contribution is -0.126. The maximum atomic E-state index is 13.0. The van der Waals surface area contributed by atoms with E-state index in [0.29, 0.717) is 12.1 Å². The van der Waals surface area contributed by atoms with Crippen LogP contribution in [-0.2, 0) is 14.6 Å². The zero-order valence-electron chi connectivity index (χ0n) is 13.6. The molecule has 1 amide bonds. The van der Waals surface area contributed by atoms with Gasteiger partial charge >= 0.3 is 0 Å². The number of aromatic nitrogens is 1. The third kappa shape index (κ3) is 4.32. The van der Waals surface area contributed by atoms with Crippen molar-refractivity contribution in [2.45, 2.75) is 12.5 Å². The molecule has 0 bridgehead atoms. The molecular weight excluding hydrogens is 363 g/mol. The van der Waals surface area contributed by atoms with Crippen LogP contribution in [0.3, 0.4) is 0 Å². The third-order valence-electron chi connectivity index (χ3n) is 4.11. The number of nitrogens with zero attached hydrogens (tertiary/aromatic N) is 2. The van der Waals surface area contributed by atoms with Crippen molar-refractivity contribution in [1.82, 2.24) is 9.88 Å². The van der Waals surface area contributed by atoms with Crippen molar-refractivity contribution in [1.29, 1.82) is 0 Å². The first-order valence-electron chi connectivity index (χ1n) is 7.71. The molecule has 0 radical (unpaired) electrons. The Labute approximate surface area is 149 Å². The van der Waals surface area contributed by atoms with Crippen LogP contribution >= 0.6 is 11.3 Å². The maximum absolute atomic E-state index is 13.0. The van der Waals surface area contributed by atoms with Gasteiger partial charge in [-0.15, -0.1) is 11.3 Å². The third-order valence-corrected chi connectivity index (χ3v) is 6.77. The number of carbonyl (C=O) groups excluding carboxylic acids is 1. The van der Waals surface area contributed by atoms with Crippen molar-refractivity contribution in [3.8, 4) is 10.6 Å². The molecule has 2 aromatic rings. The summed E-state index contributed by atoms with van der Waals surface area (Å²) in [7, 11) is -1.41. The number of likely N-dealkylation sites (N-methyl/N-ethyl adjacent to an activating group) is 1. The number of carbonyl (C=O) groups is 1. The Bertz CT molecular complexity index is 904. The Morgan fingerprint density at radius 2 is 2.08 bits per heavy atom. The molecule has 0 saturated carbocycles. The van der Waals surface area contributed by atoms with Gasteiger partial charge in [-0.05, 0) is 36.8 Å². The first-order chi connectivity index (χ1) is 11.8. The minimum Gasteiger partial charge on any atom is -0.338 e. The molecule has 8 heteroatoms. The highest BCUT2D eigenvalue weighted by Crippen LogP contribution is 2.24. The highest BCUT2D eigenvalue weighted by atomic mass is 32.2. The second-order valence-electron chi connectivity index (χ2n) is 5.92. The van der Waals surface area contributed by atoms with Crippen molar-refractivity contribution in [3.63, 3.8) is 0 Å².